The third kappa shape index (κ3) is 4.11. The number of anilines is 3. The second-order valence-electron chi connectivity index (χ2n) is 11.2. The van der Waals surface area contributed by atoms with Crippen molar-refractivity contribution in [3.8, 4) is 16.8 Å². The maximum absolute atomic E-state index is 6.08. The van der Waals surface area contributed by atoms with E-state index in [1.807, 2.05) is 36.4 Å². The molecular weight excluding hydrogens is 550 g/mol. The van der Waals surface area contributed by atoms with Crippen LogP contribution in [0.5, 0.6) is 0 Å². The smallest absolute Gasteiger partial charge is 0.154 e. The predicted molar refractivity (Wildman–Crippen MR) is 186 cm³/mol. The highest BCUT2D eigenvalue weighted by molar-refractivity contribution is 6.09. The van der Waals surface area contributed by atoms with Gasteiger partial charge in [-0.25, -0.2) is 4.98 Å². The van der Waals surface area contributed by atoms with Crippen molar-refractivity contribution >= 4 is 61.1 Å². The van der Waals surface area contributed by atoms with Crippen LogP contribution in [0, 0.1) is 0 Å². The van der Waals surface area contributed by atoms with Crippen LogP contribution in [0.15, 0.2) is 168 Å². The average Bonchev–Trinajstić information content (AvgIpc) is 3.65. The van der Waals surface area contributed by atoms with E-state index in [-0.39, 0.29) is 0 Å². The molecule has 9 rings (SSSR count). The molecule has 9 aromatic rings. The summed E-state index contributed by atoms with van der Waals surface area (Å²) >= 11 is 0. The number of hydrogen-bond donors (Lipinski definition) is 0. The maximum Gasteiger partial charge on any atom is 0.154 e. The van der Waals surface area contributed by atoms with E-state index in [9.17, 15) is 0 Å². The molecule has 3 aromatic heterocycles. The van der Waals surface area contributed by atoms with E-state index < -0.39 is 0 Å². The van der Waals surface area contributed by atoms with E-state index in [1.54, 1.807) is 0 Å². The van der Waals surface area contributed by atoms with Gasteiger partial charge < -0.3 is 8.98 Å². The molecule has 4 nitrogen and oxygen atoms in total. The zero-order valence-corrected chi connectivity index (χ0v) is 24.3. The number of rotatable bonds is 5. The van der Waals surface area contributed by atoms with Crippen molar-refractivity contribution in [2.24, 2.45) is 0 Å². The average molecular weight is 578 g/mol. The van der Waals surface area contributed by atoms with Gasteiger partial charge in [0.1, 0.15) is 16.9 Å². The summed E-state index contributed by atoms with van der Waals surface area (Å²) in [4.78, 5) is 7.33. The van der Waals surface area contributed by atoms with E-state index in [1.165, 1.54) is 27.4 Å². The number of hydrogen-bond acceptors (Lipinski definition) is 3. The van der Waals surface area contributed by atoms with Crippen LogP contribution in [0.25, 0.3) is 60.7 Å². The predicted octanol–water partition coefficient (Wildman–Crippen LogP) is 11.2. The Morgan fingerprint density at radius 1 is 0.467 bits per heavy atom. The topological polar surface area (TPSA) is 34.2 Å². The Kier molecular flexibility index (Phi) is 5.78. The van der Waals surface area contributed by atoms with Crippen LogP contribution < -0.4 is 4.90 Å². The fraction of sp³-hybridized carbons (Fsp3) is 0. The van der Waals surface area contributed by atoms with Gasteiger partial charge >= 0.3 is 0 Å². The fourth-order valence-electron chi connectivity index (χ4n) is 6.58. The number of para-hydroxylation sites is 5. The SMILES string of the molecule is c1ccc(N(c2ccc(-c3ccccc3-n3c4ccccc4c4ccccc43)cc2)c2ccc3oc4ccccc4c3n2)cc1. The van der Waals surface area contributed by atoms with Crippen LogP contribution in [-0.2, 0) is 0 Å². The second kappa shape index (κ2) is 10.2. The number of furan rings is 1. The summed E-state index contributed by atoms with van der Waals surface area (Å²) < 4.78 is 8.46. The van der Waals surface area contributed by atoms with E-state index in [4.69, 9.17) is 9.40 Å². The monoisotopic (exact) mass is 577 g/mol. The zero-order valence-electron chi connectivity index (χ0n) is 24.3. The maximum atomic E-state index is 6.08. The highest BCUT2D eigenvalue weighted by atomic mass is 16.3. The van der Waals surface area contributed by atoms with Crippen LogP contribution in [0.4, 0.5) is 17.2 Å². The molecule has 0 fully saturated rings. The first kappa shape index (κ1) is 25.4. The van der Waals surface area contributed by atoms with Crippen molar-refractivity contribution < 1.29 is 4.42 Å². The molecule has 0 atom stereocenters. The van der Waals surface area contributed by atoms with Crippen molar-refractivity contribution in [1.29, 1.82) is 0 Å². The van der Waals surface area contributed by atoms with E-state index in [0.29, 0.717) is 0 Å². The lowest BCUT2D eigenvalue weighted by Gasteiger charge is -2.24. The molecule has 0 aliphatic rings. The van der Waals surface area contributed by atoms with Gasteiger partial charge in [-0.1, -0.05) is 97.1 Å². The summed E-state index contributed by atoms with van der Waals surface area (Å²) in [6.07, 6.45) is 0. The summed E-state index contributed by atoms with van der Waals surface area (Å²) in [5, 5.41) is 3.53. The van der Waals surface area contributed by atoms with Gasteiger partial charge in [0, 0.05) is 33.1 Å². The van der Waals surface area contributed by atoms with Crippen LogP contribution in [0.2, 0.25) is 0 Å². The number of pyridine rings is 1. The molecule has 0 spiro atoms. The number of nitrogens with zero attached hydrogens (tertiary/aromatic N) is 3. The van der Waals surface area contributed by atoms with Crippen LogP contribution in [0.1, 0.15) is 0 Å². The Morgan fingerprint density at radius 3 is 1.82 bits per heavy atom. The van der Waals surface area contributed by atoms with Gasteiger partial charge in [-0.15, -0.1) is 0 Å². The molecule has 4 heteroatoms. The van der Waals surface area contributed by atoms with Gasteiger partial charge in [0.2, 0.25) is 0 Å². The van der Waals surface area contributed by atoms with Crippen molar-refractivity contribution in [3.63, 3.8) is 0 Å². The zero-order chi connectivity index (χ0) is 29.7. The molecule has 0 bridgehead atoms. The van der Waals surface area contributed by atoms with Crippen molar-refractivity contribution in [2.45, 2.75) is 0 Å². The fourth-order valence-corrected chi connectivity index (χ4v) is 6.58. The van der Waals surface area contributed by atoms with Gasteiger partial charge in [-0.2, -0.15) is 0 Å². The molecule has 3 heterocycles. The molecule has 0 unspecified atom stereocenters. The molecule has 6 aromatic carbocycles. The summed E-state index contributed by atoms with van der Waals surface area (Å²) in [5.41, 5.74) is 10.4. The lowest BCUT2D eigenvalue weighted by Crippen LogP contribution is -2.11. The van der Waals surface area contributed by atoms with Crippen LogP contribution in [-0.4, -0.2) is 9.55 Å². The summed E-state index contributed by atoms with van der Waals surface area (Å²) in [6, 6.07) is 57.3. The molecule has 0 aliphatic carbocycles. The Morgan fingerprint density at radius 2 is 1.07 bits per heavy atom. The van der Waals surface area contributed by atoms with Crippen LogP contribution >= 0.6 is 0 Å². The van der Waals surface area contributed by atoms with Crippen LogP contribution in [0.3, 0.4) is 0 Å². The van der Waals surface area contributed by atoms with E-state index >= 15 is 0 Å². The number of aromatic nitrogens is 2. The molecule has 0 N–H and O–H groups in total. The third-order valence-electron chi connectivity index (χ3n) is 8.61. The minimum absolute atomic E-state index is 0.782. The standard InChI is InChI=1S/C41H27N3O/c1-2-12-29(13-3-1)43(40-27-26-39-41(42-40)34-17-7-11-21-38(34)45-39)30-24-22-28(23-25-30)31-14-4-8-18-35(31)44-36-19-9-5-15-32(36)33-16-6-10-20-37(33)44/h1-27H. The Hall–Kier alpha value is -6.13. The molecular formula is C41H27N3O. The van der Waals surface area contributed by atoms with Gasteiger partial charge in [0.05, 0.1) is 16.7 Å². The lowest BCUT2D eigenvalue weighted by atomic mass is 10.0. The van der Waals surface area contributed by atoms with E-state index in [2.05, 4.69) is 137 Å². The molecule has 0 saturated heterocycles. The first-order valence-corrected chi connectivity index (χ1v) is 15.1. The third-order valence-corrected chi connectivity index (χ3v) is 8.61. The quantitative estimate of drug-likeness (QED) is 0.204. The Labute approximate surface area is 260 Å². The second-order valence-corrected chi connectivity index (χ2v) is 11.2. The summed E-state index contributed by atoms with van der Waals surface area (Å²) in [6.45, 7) is 0. The molecule has 0 aliphatic heterocycles. The summed E-state index contributed by atoms with van der Waals surface area (Å²) in [5.74, 6) is 0.832. The first-order chi connectivity index (χ1) is 22.3. The highest BCUT2D eigenvalue weighted by Crippen LogP contribution is 2.39. The highest BCUT2D eigenvalue weighted by Gasteiger charge is 2.18. The van der Waals surface area contributed by atoms with Gasteiger partial charge in [-0.3, -0.25) is 4.90 Å². The van der Waals surface area contributed by atoms with Crippen molar-refractivity contribution in [2.75, 3.05) is 4.90 Å². The van der Waals surface area contributed by atoms with Crippen molar-refractivity contribution in [3.05, 3.63) is 164 Å². The van der Waals surface area contributed by atoms with Crippen molar-refractivity contribution in [1.82, 2.24) is 9.55 Å². The first-order valence-electron chi connectivity index (χ1n) is 15.1. The Bertz CT molecular complexity index is 2440. The normalized spacial score (nSPS) is 11.6. The molecule has 45 heavy (non-hydrogen) atoms. The molecule has 0 saturated carbocycles. The number of fused-ring (bicyclic) bond motifs is 6. The minimum atomic E-state index is 0.782. The number of benzene rings is 6. The van der Waals surface area contributed by atoms with Gasteiger partial charge in [0.25, 0.3) is 0 Å². The lowest BCUT2D eigenvalue weighted by molar-refractivity contribution is 0.668. The molecule has 0 radical (unpaired) electrons. The largest absolute Gasteiger partial charge is 0.454 e. The van der Waals surface area contributed by atoms with Gasteiger partial charge in [-0.05, 0) is 72.3 Å². The molecule has 0 amide bonds. The van der Waals surface area contributed by atoms with Gasteiger partial charge in [0.15, 0.2) is 5.58 Å². The minimum Gasteiger partial charge on any atom is -0.454 e. The van der Waals surface area contributed by atoms with E-state index in [0.717, 1.165) is 50.5 Å². The summed E-state index contributed by atoms with van der Waals surface area (Å²) in [7, 11) is 0. The molecule has 212 valence electrons. The Balaban J connectivity index is 1.18.